The van der Waals surface area contributed by atoms with Crippen LogP contribution in [-0.4, -0.2) is 41.8 Å². The summed E-state index contributed by atoms with van der Waals surface area (Å²) >= 11 is 0. The Bertz CT molecular complexity index is 769. The van der Waals surface area contributed by atoms with Gasteiger partial charge in [-0.15, -0.1) is 0 Å². The van der Waals surface area contributed by atoms with Crippen LogP contribution in [0.25, 0.3) is 12.2 Å². The maximum absolute atomic E-state index is 12.1. The lowest BCUT2D eigenvalue weighted by atomic mass is 10.0. The number of carbonyl (C=O) groups excluding carboxylic acids is 3. The standard InChI is InChI=1S/C21H26O7/c1-14(27-15(2)22)12-20(24)28-18-8-6-16(7-9-19(23)26-5)13-17(18)10-11-21(3,4)25/h6-11,13-14,25H,12H2,1-5H3/b9-7+,11-10+/t14-/m0/s1. The zero-order valence-electron chi connectivity index (χ0n) is 16.7. The Hall–Kier alpha value is -2.93. The molecule has 0 saturated heterocycles. The third kappa shape index (κ3) is 9.14. The second kappa shape index (κ2) is 10.4. The van der Waals surface area contributed by atoms with Crippen LogP contribution in [0.3, 0.4) is 0 Å². The molecule has 0 bridgehead atoms. The molecule has 0 heterocycles. The molecule has 7 heteroatoms. The van der Waals surface area contributed by atoms with Gasteiger partial charge in [0.25, 0.3) is 0 Å². The second-order valence-corrected chi connectivity index (χ2v) is 6.74. The van der Waals surface area contributed by atoms with Crippen LogP contribution in [-0.2, 0) is 23.9 Å². The highest BCUT2D eigenvalue weighted by molar-refractivity contribution is 5.87. The van der Waals surface area contributed by atoms with Crippen LogP contribution >= 0.6 is 0 Å². The first-order valence-corrected chi connectivity index (χ1v) is 8.69. The monoisotopic (exact) mass is 390 g/mol. The number of rotatable bonds is 8. The van der Waals surface area contributed by atoms with E-state index in [0.717, 1.165) is 0 Å². The molecule has 0 aliphatic rings. The van der Waals surface area contributed by atoms with Crippen molar-refractivity contribution in [2.75, 3.05) is 7.11 Å². The van der Waals surface area contributed by atoms with Crippen molar-refractivity contribution in [3.8, 4) is 5.75 Å². The lowest BCUT2D eigenvalue weighted by Crippen LogP contribution is -2.20. The van der Waals surface area contributed by atoms with Gasteiger partial charge in [-0.05, 0) is 44.5 Å². The Morgan fingerprint density at radius 1 is 1.21 bits per heavy atom. The SMILES string of the molecule is COC(=O)/C=C/c1ccc(OC(=O)C[C@H](C)OC(C)=O)c(/C=C/C(C)(C)O)c1. The Morgan fingerprint density at radius 3 is 2.46 bits per heavy atom. The average Bonchev–Trinajstić information content (AvgIpc) is 2.57. The molecule has 7 nitrogen and oxygen atoms in total. The minimum absolute atomic E-state index is 0.0990. The van der Waals surface area contributed by atoms with Gasteiger partial charge in [-0.1, -0.05) is 18.2 Å². The third-order valence-electron chi connectivity index (χ3n) is 3.36. The number of esters is 3. The Kier molecular flexibility index (Phi) is 8.60. The van der Waals surface area contributed by atoms with Gasteiger partial charge in [-0.3, -0.25) is 9.59 Å². The summed E-state index contributed by atoms with van der Waals surface area (Å²) in [5, 5.41) is 9.91. The van der Waals surface area contributed by atoms with Crippen molar-refractivity contribution in [1.82, 2.24) is 0 Å². The van der Waals surface area contributed by atoms with Gasteiger partial charge in [0.05, 0.1) is 19.1 Å². The van der Waals surface area contributed by atoms with Crippen molar-refractivity contribution < 1.29 is 33.7 Å². The fraction of sp³-hybridized carbons (Fsp3) is 0.381. The molecule has 0 spiro atoms. The van der Waals surface area contributed by atoms with E-state index in [2.05, 4.69) is 4.74 Å². The first-order chi connectivity index (χ1) is 13.0. The highest BCUT2D eigenvalue weighted by Gasteiger charge is 2.15. The van der Waals surface area contributed by atoms with Crippen molar-refractivity contribution >= 4 is 30.1 Å². The highest BCUT2D eigenvalue weighted by Crippen LogP contribution is 2.24. The van der Waals surface area contributed by atoms with Crippen LogP contribution in [0.1, 0.15) is 45.2 Å². The second-order valence-electron chi connectivity index (χ2n) is 6.74. The van der Waals surface area contributed by atoms with E-state index in [0.29, 0.717) is 11.1 Å². The average molecular weight is 390 g/mol. The zero-order chi connectivity index (χ0) is 21.3. The summed E-state index contributed by atoms with van der Waals surface area (Å²) < 4.78 is 14.9. The van der Waals surface area contributed by atoms with Crippen LogP contribution in [0.5, 0.6) is 5.75 Å². The van der Waals surface area contributed by atoms with E-state index in [-0.39, 0.29) is 12.2 Å². The van der Waals surface area contributed by atoms with E-state index < -0.39 is 29.6 Å². The number of ether oxygens (including phenoxy) is 3. The number of hydrogen-bond donors (Lipinski definition) is 1. The molecule has 28 heavy (non-hydrogen) atoms. The normalized spacial score (nSPS) is 12.8. The van der Waals surface area contributed by atoms with E-state index in [9.17, 15) is 19.5 Å². The van der Waals surface area contributed by atoms with Gasteiger partial charge >= 0.3 is 17.9 Å². The molecule has 1 N–H and O–H groups in total. The van der Waals surface area contributed by atoms with E-state index in [1.807, 2.05) is 0 Å². The minimum Gasteiger partial charge on any atom is -0.466 e. The lowest BCUT2D eigenvalue weighted by Gasteiger charge is -2.14. The van der Waals surface area contributed by atoms with Gasteiger partial charge in [0.2, 0.25) is 0 Å². The lowest BCUT2D eigenvalue weighted by molar-refractivity contribution is -0.149. The summed E-state index contributed by atoms with van der Waals surface area (Å²) in [6.07, 6.45) is 5.29. The molecule has 0 unspecified atom stereocenters. The molecule has 0 aliphatic carbocycles. The largest absolute Gasteiger partial charge is 0.466 e. The highest BCUT2D eigenvalue weighted by atomic mass is 16.6. The fourth-order valence-corrected chi connectivity index (χ4v) is 2.14. The first kappa shape index (κ1) is 23.1. The van der Waals surface area contributed by atoms with Crippen LogP contribution in [0, 0.1) is 0 Å². The van der Waals surface area contributed by atoms with Crippen LogP contribution in [0.15, 0.2) is 30.4 Å². The quantitative estimate of drug-likeness (QED) is 0.414. The summed E-state index contributed by atoms with van der Waals surface area (Å²) in [4.78, 5) is 34.3. The fourth-order valence-electron chi connectivity index (χ4n) is 2.14. The smallest absolute Gasteiger partial charge is 0.330 e. The van der Waals surface area contributed by atoms with E-state index in [1.165, 1.54) is 20.1 Å². The summed E-state index contributed by atoms with van der Waals surface area (Å²) in [5.41, 5.74) is 0.139. The number of carbonyl (C=O) groups is 3. The number of aliphatic hydroxyl groups is 1. The molecular formula is C21H26O7. The molecule has 152 valence electrons. The first-order valence-electron chi connectivity index (χ1n) is 8.69. The van der Waals surface area contributed by atoms with Crippen LogP contribution in [0.2, 0.25) is 0 Å². The maximum Gasteiger partial charge on any atom is 0.330 e. The topological polar surface area (TPSA) is 99.1 Å². The predicted octanol–water partition coefficient (Wildman–Crippen LogP) is 2.90. The number of hydrogen-bond acceptors (Lipinski definition) is 7. The Labute approximate surface area is 164 Å². The summed E-state index contributed by atoms with van der Waals surface area (Å²) in [7, 11) is 1.28. The van der Waals surface area contributed by atoms with Crippen molar-refractivity contribution in [3.05, 3.63) is 41.5 Å². The molecule has 1 rings (SSSR count). The molecule has 0 aliphatic heterocycles. The molecule has 0 amide bonds. The molecule has 0 saturated carbocycles. The van der Waals surface area contributed by atoms with Crippen LogP contribution < -0.4 is 4.74 Å². The Morgan fingerprint density at radius 2 is 1.89 bits per heavy atom. The zero-order valence-corrected chi connectivity index (χ0v) is 16.7. The molecule has 0 fully saturated rings. The van der Waals surface area contributed by atoms with Gasteiger partial charge in [0, 0.05) is 18.6 Å². The summed E-state index contributed by atoms with van der Waals surface area (Å²) in [5.74, 6) is -1.26. The van der Waals surface area contributed by atoms with E-state index in [4.69, 9.17) is 9.47 Å². The third-order valence-corrected chi connectivity index (χ3v) is 3.36. The Balaban J connectivity index is 3.06. The van der Waals surface area contributed by atoms with Gasteiger partial charge in [0.1, 0.15) is 11.9 Å². The predicted molar refractivity (Wildman–Crippen MR) is 104 cm³/mol. The number of methoxy groups -OCH3 is 1. The van der Waals surface area contributed by atoms with Gasteiger partial charge in [0.15, 0.2) is 0 Å². The van der Waals surface area contributed by atoms with Crippen molar-refractivity contribution in [2.45, 2.75) is 45.8 Å². The summed E-state index contributed by atoms with van der Waals surface area (Å²) in [6, 6.07) is 4.94. The molecular weight excluding hydrogens is 364 g/mol. The van der Waals surface area contributed by atoms with Crippen molar-refractivity contribution in [2.24, 2.45) is 0 Å². The van der Waals surface area contributed by atoms with E-state index >= 15 is 0 Å². The van der Waals surface area contributed by atoms with Crippen LogP contribution in [0.4, 0.5) is 0 Å². The molecule has 0 radical (unpaired) electrons. The minimum atomic E-state index is -1.07. The van der Waals surface area contributed by atoms with Crippen molar-refractivity contribution in [3.63, 3.8) is 0 Å². The van der Waals surface area contributed by atoms with Crippen molar-refractivity contribution in [1.29, 1.82) is 0 Å². The van der Waals surface area contributed by atoms with E-state index in [1.54, 1.807) is 57.2 Å². The number of benzene rings is 1. The molecule has 1 aromatic rings. The molecule has 1 atom stereocenters. The summed E-state index contributed by atoms with van der Waals surface area (Å²) in [6.45, 7) is 6.08. The van der Waals surface area contributed by atoms with Gasteiger partial charge in [-0.25, -0.2) is 4.79 Å². The van der Waals surface area contributed by atoms with Gasteiger partial charge in [-0.2, -0.15) is 0 Å². The maximum atomic E-state index is 12.1. The molecule has 1 aromatic carbocycles. The molecule has 0 aromatic heterocycles. The van der Waals surface area contributed by atoms with Gasteiger partial charge < -0.3 is 19.3 Å².